The Labute approximate surface area is 102 Å². The first-order valence-corrected chi connectivity index (χ1v) is 6.23. The Bertz CT molecular complexity index is 297. The molecule has 2 atom stereocenters. The maximum Gasteiger partial charge on any atom is 0.407 e. The third-order valence-electron chi connectivity index (χ3n) is 3.16. The molecule has 2 N–H and O–H groups in total. The third-order valence-corrected chi connectivity index (χ3v) is 3.16. The Morgan fingerprint density at radius 3 is 3.06 bits per heavy atom. The summed E-state index contributed by atoms with van der Waals surface area (Å²) in [7, 11) is 0. The molecule has 0 saturated carbocycles. The van der Waals surface area contributed by atoms with Crippen LogP contribution in [0, 0.1) is 0 Å². The van der Waals surface area contributed by atoms with Gasteiger partial charge in [0.25, 0.3) is 0 Å². The van der Waals surface area contributed by atoms with Gasteiger partial charge in [-0.1, -0.05) is 0 Å². The van der Waals surface area contributed by atoms with E-state index >= 15 is 0 Å². The zero-order valence-electron chi connectivity index (χ0n) is 10.8. The van der Waals surface area contributed by atoms with Crippen LogP contribution in [0.2, 0.25) is 0 Å². The molecule has 2 saturated heterocycles. The number of alkyl carbamates (subject to hydrolysis) is 1. The molecule has 2 bridgehead atoms. The number of hydrogen-bond donors (Lipinski definition) is 2. The van der Waals surface area contributed by atoms with Gasteiger partial charge in [0.2, 0.25) is 0 Å². The lowest BCUT2D eigenvalue weighted by Crippen LogP contribution is -2.48. The van der Waals surface area contributed by atoms with Crippen molar-refractivity contribution in [2.45, 2.75) is 50.9 Å². The van der Waals surface area contributed by atoms with E-state index in [1.165, 1.54) is 0 Å². The molecule has 0 aromatic rings. The maximum atomic E-state index is 11.6. The lowest BCUT2D eigenvalue weighted by molar-refractivity contribution is -0.0507. The lowest BCUT2D eigenvalue weighted by Gasteiger charge is -2.32. The van der Waals surface area contributed by atoms with Crippen molar-refractivity contribution in [2.24, 2.45) is 0 Å². The quantitative estimate of drug-likeness (QED) is 0.759. The smallest absolute Gasteiger partial charge is 0.407 e. The van der Waals surface area contributed by atoms with Crippen LogP contribution < -0.4 is 10.6 Å². The molecule has 0 spiro atoms. The van der Waals surface area contributed by atoms with Gasteiger partial charge in [0, 0.05) is 19.2 Å². The van der Waals surface area contributed by atoms with Crippen molar-refractivity contribution in [3.63, 3.8) is 0 Å². The number of fused-ring (bicyclic) bond motifs is 2. The Hall–Kier alpha value is -0.810. The van der Waals surface area contributed by atoms with E-state index in [2.05, 4.69) is 10.6 Å². The van der Waals surface area contributed by atoms with Crippen LogP contribution in [0.15, 0.2) is 0 Å². The van der Waals surface area contributed by atoms with Crippen LogP contribution in [-0.2, 0) is 9.47 Å². The van der Waals surface area contributed by atoms with Gasteiger partial charge in [-0.05, 0) is 33.6 Å². The molecular formula is C12H22N2O3. The highest BCUT2D eigenvalue weighted by molar-refractivity contribution is 5.67. The van der Waals surface area contributed by atoms with E-state index in [0.29, 0.717) is 12.6 Å². The second-order valence-electron chi connectivity index (χ2n) is 5.96. The molecule has 0 aromatic carbocycles. The Morgan fingerprint density at radius 2 is 2.35 bits per heavy atom. The topological polar surface area (TPSA) is 59.6 Å². The molecule has 98 valence electrons. The highest BCUT2D eigenvalue weighted by Gasteiger charge is 2.43. The number of rotatable bonds is 2. The van der Waals surface area contributed by atoms with Crippen LogP contribution in [0.5, 0.6) is 0 Å². The molecule has 5 nitrogen and oxygen atoms in total. The van der Waals surface area contributed by atoms with E-state index in [1.54, 1.807) is 0 Å². The number of nitrogens with one attached hydrogen (secondary N) is 2. The van der Waals surface area contributed by atoms with Crippen molar-refractivity contribution in [3.05, 3.63) is 0 Å². The van der Waals surface area contributed by atoms with Crippen LogP contribution in [0.3, 0.4) is 0 Å². The summed E-state index contributed by atoms with van der Waals surface area (Å²) >= 11 is 0. The van der Waals surface area contributed by atoms with Crippen LogP contribution >= 0.6 is 0 Å². The van der Waals surface area contributed by atoms with Crippen molar-refractivity contribution in [2.75, 3.05) is 19.7 Å². The highest BCUT2D eigenvalue weighted by Crippen LogP contribution is 2.29. The van der Waals surface area contributed by atoms with Gasteiger partial charge in [-0.3, -0.25) is 0 Å². The molecule has 5 heteroatoms. The predicted octanol–water partition coefficient (Wildman–Crippen LogP) is 1.03. The maximum absolute atomic E-state index is 11.6. The fourth-order valence-corrected chi connectivity index (χ4v) is 2.39. The van der Waals surface area contributed by atoms with Crippen molar-refractivity contribution < 1.29 is 14.3 Å². The summed E-state index contributed by atoms with van der Waals surface area (Å²) < 4.78 is 11.0. The highest BCUT2D eigenvalue weighted by atomic mass is 16.6. The summed E-state index contributed by atoms with van der Waals surface area (Å²) in [6.45, 7) is 7.67. The van der Waals surface area contributed by atoms with Gasteiger partial charge in [-0.15, -0.1) is 0 Å². The minimum atomic E-state index is -0.453. The minimum absolute atomic E-state index is 0.222. The molecule has 2 aliphatic heterocycles. The summed E-state index contributed by atoms with van der Waals surface area (Å²) in [4.78, 5) is 11.6. The largest absolute Gasteiger partial charge is 0.444 e. The molecule has 2 aliphatic rings. The van der Waals surface area contributed by atoms with Crippen LogP contribution in [0.25, 0.3) is 0 Å². The zero-order chi connectivity index (χ0) is 12.5. The SMILES string of the molecule is CC(C)(C)OC(=O)NCC12CNC(CCO1)C2. The number of carbonyl (C=O) groups excluding carboxylic acids is 1. The van der Waals surface area contributed by atoms with Crippen molar-refractivity contribution >= 4 is 6.09 Å². The fraction of sp³-hybridized carbons (Fsp3) is 0.917. The van der Waals surface area contributed by atoms with Gasteiger partial charge < -0.3 is 20.1 Å². The third kappa shape index (κ3) is 3.33. The number of carbonyl (C=O) groups is 1. The van der Waals surface area contributed by atoms with Crippen molar-refractivity contribution in [1.82, 2.24) is 10.6 Å². The Morgan fingerprint density at radius 1 is 1.59 bits per heavy atom. The summed E-state index contributed by atoms with van der Waals surface area (Å²) in [5, 5.41) is 6.22. The minimum Gasteiger partial charge on any atom is -0.444 e. The normalized spacial score (nSPS) is 32.3. The number of hydrogen-bond acceptors (Lipinski definition) is 4. The molecule has 2 rings (SSSR count). The molecular weight excluding hydrogens is 220 g/mol. The standard InChI is InChI=1S/C12H22N2O3/c1-11(2,3)17-10(15)14-8-12-6-9(13-7-12)4-5-16-12/h9,13H,4-8H2,1-3H3,(H,14,15). The first-order valence-electron chi connectivity index (χ1n) is 6.23. The van der Waals surface area contributed by atoms with Gasteiger partial charge in [0.15, 0.2) is 0 Å². The Balaban J connectivity index is 1.80. The summed E-state index contributed by atoms with van der Waals surface area (Å²) in [6.07, 6.45) is 1.67. The van der Waals surface area contributed by atoms with E-state index in [9.17, 15) is 4.79 Å². The molecule has 0 aromatic heterocycles. The molecule has 0 aliphatic carbocycles. The molecule has 17 heavy (non-hydrogen) atoms. The van der Waals surface area contributed by atoms with Crippen molar-refractivity contribution in [1.29, 1.82) is 0 Å². The second kappa shape index (κ2) is 4.46. The molecule has 1 amide bonds. The van der Waals surface area contributed by atoms with E-state index in [-0.39, 0.29) is 11.7 Å². The average molecular weight is 242 g/mol. The fourth-order valence-electron chi connectivity index (χ4n) is 2.39. The van der Waals surface area contributed by atoms with E-state index in [4.69, 9.17) is 9.47 Å². The lowest BCUT2D eigenvalue weighted by atomic mass is 9.96. The van der Waals surface area contributed by atoms with Gasteiger partial charge in [0.1, 0.15) is 5.60 Å². The van der Waals surface area contributed by atoms with Gasteiger partial charge in [0.05, 0.1) is 12.1 Å². The van der Waals surface area contributed by atoms with E-state index < -0.39 is 5.60 Å². The van der Waals surface area contributed by atoms with Crippen LogP contribution in [0.4, 0.5) is 4.79 Å². The van der Waals surface area contributed by atoms with Crippen LogP contribution in [0.1, 0.15) is 33.6 Å². The van der Waals surface area contributed by atoms with Crippen molar-refractivity contribution in [3.8, 4) is 0 Å². The number of amides is 1. The van der Waals surface area contributed by atoms with Gasteiger partial charge in [-0.2, -0.15) is 0 Å². The number of ether oxygens (including phenoxy) is 2. The van der Waals surface area contributed by atoms with E-state index in [1.807, 2.05) is 20.8 Å². The first kappa shape index (κ1) is 12.6. The zero-order valence-corrected chi connectivity index (χ0v) is 10.8. The van der Waals surface area contributed by atoms with Gasteiger partial charge >= 0.3 is 6.09 Å². The average Bonchev–Trinajstić information content (AvgIpc) is 2.50. The van der Waals surface area contributed by atoms with Gasteiger partial charge in [-0.25, -0.2) is 4.79 Å². The predicted molar refractivity (Wildman–Crippen MR) is 63.9 cm³/mol. The molecule has 2 fully saturated rings. The summed E-state index contributed by atoms with van der Waals surface area (Å²) in [6, 6.07) is 0.546. The first-order chi connectivity index (χ1) is 7.89. The van der Waals surface area contributed by atoms with Crippen LogP contribution in [-0.4, -0.2) is 43.0 Å². The monoisotopic (exact) mass is 242 g/mol. The Kier molecular flexibility index (Phi) is 3.32. The van der Waals surface area contributed by atoms with E-state index in [0.717, 1.165) is 26.0 Å². The second-order valence-corrected chi connectivity index (χ2v) is 5.96. The molecule has 2 heterocycles. The molecule has 0 radical (unpaired) electrons. The molecule has 2 unspecified atom stereocenters. The summed E-state index contributed by atoms with van der Waals surface area (Å²) in [5.41, 5.74) is -0.675. The summed E-state index contributed by atoms with van der Waals surface area (Å²) in [5.74, 6) is 0.